The molecule has 1 saturated heterocycles. The van der Waals surface area contributed by atoms with Gasteiger partial charge in [-0.15, -0.1) is 0 Å². The number of ketones is 1. The van der Waals surface area contributed by atoms with E-state index in [0.717, 1.165) is 32.2 Å². The summed E-state index contributed by atoms with van der Waals surface area (Å²) < 4.78 is 5.44. The van der Waals surface area contributed by atoms with Crippen LogP contribution in [0.1, 0.15) is 59.3 Å². The summed E-state index contributed by atoms with van der Waals surface area (Å²) in [5, 5.41) is 0. The second-order valence-electron chi connectivity index (χ2n) is 7.07. The molecular formula is C15H25NO3. The molecular weight excluding hydrogens is 242 g/mol. The number of hydrogen-bond donors (Lipinski definition) is 0. The minimum absolute atomic E-state index is 0.0322. The molecule has 1 unspecified atom stereocenters. The van der Waals surface area contributed by atoms with E-state index in [1.54, 1.807) is 4.90 Å². The Hall–Kier alpha value is -1.06. The highest BCUT2D eigenvalue weighted by Crippen LogP contribution is 2.42. The Morgan fingerprint density at radius 1 is 1.26 bits per heavy atom. The van der Waals surface area contributed by atoms with Gasteiger partial charge in [0.25, 0.3) is 0 Å². The number of likely N-dealkylation sites (tertiary alicyclic amines) is 1. The first kappa shape index (κ1) is 14.4. The molecule has 4 nitrogen and oxygen atoms in total. The number of Topliss-reactive ketones (excluding diaryl/α,β-unsaturated/α-hetero) is 1. The average molecular weight is 267 g/mol. The van der Waals surface area contributed by atoms with Gasteiger partial charge in [-0.1, -0.05) is 0 Å². The molecule has 19 heavy (non-hydrogen) atoms. The molecule has 1 amide bonds. The summed E-state index contributed by atoms with van der Waals surface area (Å²) in [6.45, 7) is 7.09. The summed E-state index contributed by atoms with van der Waals surface area (Å²) in [5.41, 5.74) is -0.422. The van der Waals surface area contributed by atoms with Crippen molar-refractivity contribution in [2.45, 2.75) is 64.9 Å². The van der Waals surface area contributed by atoms with Gasteiger partial charge in [0.1, 0.15) is 11.4 Å². The maximum absolute atomic E-state index is 12.1. The zero-order chi connectivity index (χ0) is 14.1. The van der Waals surface area contributed by atoms with Crippen LogP contribution in [0.15, 0.2) is 0 Å². The monoisotopic (exact) mass is 267 g/mol. The number of piperidine rings is 1. The lowest BCUT2D eigenvalue weighted by Gasteiger charge is -2.44. The van der Waals surface area contributed by atoms with Gasteiger partial charge in [0.15, 0.2) is 0 Å². The van der Waals surface area contributed by atoms with Crippen molar-refractivity contribution in [2.75, 3.05) is 13.1 Å². The summed E-state index contributed by atoms with van der Waals surface area (Å²) in [4.78, 5) is 25.6. The van der Waals surface area contributed by atoms with Crippen LogP contribution >= 0.6 is 0 Å². The zero-order valence-corrected chi connectivity index (χ0v) is 12.3. The fraction of sp³-hybridized carbons (Fsp3) is 0.867. The molecule has 2 aliphatic rings. The predicted octanol–water partition coefficient (Wildman–Crippen LogP) is 3.15. The van der Waals surface area contributed by atoms with Gasteiger partial charge in [-0.25, -0.2) is 4.79 Å². The molecule has 1 aliphatic heterocycles. The normalized spacial score (nSPS) is 28.6. The zero-order valence-electron chi connectivity index (χ0n) is 12.3. The summed E-state index contributed by atoms with van der Waals surface area (Å²) in [5.74, 6) is 0.359. The van der Waals surface area contributed by atoms with E-state index < -0.39 is 5.60 Å². The van der Waals surface area contributed by atoms with E-state index in [4.69, 9.17) is 4.74 Å². The van der Waals surface area contributed by atoms with E-state index in [9.17, 15) is 9.59 Å². The third kappa shape index (κ3) is 3.71. The average Bonchev–Trinajstić information content (AvgIpc) is 2.26. The van der Waals surface area contributed by atoms with Gasteiger partial charge in [-0.05, 0) is 51.9 Å². The molecule has 0 N–H and O–H groups in total. The van der Waals surface area contributed by atoms with Crippen LogP contribution in [-0.4, -0.2) is 35.5 Å². The molecule has 0 radical (unpaired) electrons. The summed E-state index contributed by atoms with van der Waals surface area (Å²) >= 11 is 0. The van der Waals surface area contributed by atoms with Crippen molar-refractivity contribution >= 4 is 11.9 Å². The number of ether oxygens (including phenoxy) is 1. The largest absolute Gasteiger partial charge is 0.444 e. The van der Waals surface area contributed by atoms with Crippen LogP contribution in [0.25, 0.3) is 0 Å². The smallest absolute Gasteiger partial charge is 0.410 e. The molecule has 2 rings (SSSR count). The van der Waals surface area contributed by atoms with Crippen LogP contribution in [-0.2, 0) is 9.53 Å². The highest BCUT2D eigenvalue weighted by atomic mass is 16.6. The Morgan fingerprint density at radius 2 is 1.95 bits per heavy atom. The molecule has 0 bridgehead atoms. The van der Waals surface area contributed by atoms with E-state index in [2.05, 4.69) is 0 Å². The van der Waals surface area contributed by atoms with E-state index in [0.29, 0.717) is 25.2 Å². The molecule has 2 fully saturated rings. The minimum atomic E-state index is -0.454. The minimum Gasteiger partial charge on any atom is -0.444 e. The first-order valence-corrected chi connectivity index (χ1v) is 7.29. The van der Waals surface area contributed by atoms with Crippen LogP contribution in [0, 0.1) is 5.41 Å². The van der Waals surface area contributed by atoms with Crippen molar-refractivity contribution in [3.8, 4) is 0 Å². The van der Waals surface area contributed by atoms with Crippen LogP contribution in [0.4, 0.5) is 4.79 Å². The first-order chi connectivity index (χ1) is 8.80. The summed E-state index contributed by atoms with van der Waals surface area (Å²) in [6, 6.07) is 0. The first-order valence-electron chi connectivity index (χ1n) is 7.29. The number of amides is 1. The van der Waals surface area contributed by atoms with E-state index >= 15 is 0 Å². The van der Waals surface area contributed by atoms with Crippen LogP contribution in [0.5, 0.6) is 0 Å². The van der Waals surface area contributed by atoms with E-state index in [-0.39, 0.29) is 11.5 Å². The molecule has 1 saturated carbocycles. The topological polar surface area (TPSA) is 46.6 Å². The van der Waals surface area contributed by atoms with Crippen molar-refractivity contribution in [3.63, 3.8) is 0 Å². The second-order valence-corrected chi connectivity index (χ2v) is 7.07. The summed E-state index contributed by atoms with van der Waals surface area (Å²) in [7, 11) is 0. The van der Waals surface area contributed by atoms with Gasteiger partial charge in [0, 0.05) is 25.9 Å². The number of nitrogens with zero attached hydrogens (tertiary/aromatic N) is 1. The molecule has 0 aromatic rings. The number of carbonyl (C=O) groups is 2. The lowest BCUT2D eigenvalue weighted by atomic mass is 9.69. The fourth-order valence-electron chi connectivity index (χ4n) is 3.29. The maximum atomic E-state index is 12.1. The number of carbonyl (C=O) groups excluding carboxylic acids is 2. The highest BCUT2D eigenvalue weighted by Gasteiger charge is 2.41. The van der Waals surface area contributed by atoms with Crippen molar-refractivity contribution < 1.29 is 14.3 Å². The molecule has 1 heterocycles. The Balaban J connectivity index is 2.00. The van der Waals surface area contributed by atoms with Crippen LogP contribution in [0.2, 0.25) is 0 Å². The highest BCUT2D eigenvalue weighted by molar-refractivity contribution is 5.80. The van der Waals surface area contributed by atoms with Gasteiger partial charge in [-0.3, -0.25) is 4.79 Å². The van der Waals surface area contributed by atoms with Crippen molar-refractivity contribution in [1.29, 1.82) is 0 Å². The number of rotatable bonds is 0. The van der Waals surface area contributed by atoms with Crippen LogP contribution in [0.3, 0.4) is 0 Å². The van der Waals surface area contributed by atoms with Gasteiger partial charge in [0.2, 0.25) is 0 Å². The fourth-order valence-corrected chi connectivity index (χ4v) is 3.29. The predicted molar refractivity (Wildman–Crippen MR) is 72.9 cm³/mol. The molecule has 1 aliphatic carbocycles. The van der Waals surface area contributed by atoms with Gasteiger partial charge in [-0.2, -0.15) is 0 Å². The second kappa shape index (κ2) is 5.14. The standard InChI is InChI=1S/C15H25NO3/c1-14(2,3)19-13(18)16-9-5-8-15(11-16)7-4-6-12(17)10-15/h4-11H2,1-3H3. The van der Waals surface area contributed by atoms with Crippen molar-refractivity contribution in [1.82, 2.24) is 4.90 Å². The molecule has 4 heteroatoms. The Labute approximate surface area is 115 Å². The molecule has 108 valence electrons. The van der Waals surface area contributed by atoms with Crippen LogP contribution < -0.4 is 0 Å². The lowest BCUT2D eigenvalue weighted by Crippen LogP contribution is -2.49. The molecule has 0 aromatic carbocycles. The third-order valence-electron chi connectivity index (χ3n) is 4.05. The van der Waals surface area contributed by atoms with Gasteiger partial charge >= 0.3 is 6.09 Å². The summed E-state index contributed by atoms with van der Waals surface area (Å²) in [6.07, 6.45) is 5.22. The van der Waals surface area contributed by atoms with Crippen molar-refractivity contribution in [3.05, 3.63) is 0 Å². The molecule has 1 atom stereocenters. The van der Waals surface area contributed by atoms with E-state index in [1.807, 2.05) is 20.8 Å². The Bertz CT molecular complexity index is 368. The Morgan fingerprint density at radius 3 is 2.58 bits per heavy atom. The van der Waals surface area contributed by atoms with Gasteiger partial charge < -0.3 is 9.64 Å². The third-order valence-corrected chi connectivity index (χ3v) is 4.05. The Kier molecular flexibility index (Phi) is 3.88. The van der Waals surface area contributed by atoms with Gasteiger partial charge in [0.05, 0.1) is 0 Å². The SMILES string of the molecule is CC(C)(C)OC(=O)N1CCCC2(CCCC(=O)C2)C1. The molecule has 0 aromatic heterocycles. The van der Waals surface area contributed by atoms with Crippen molar-refractivity contribution in [2.24, 2.45) is 5.41 Å². The lowest BCUT2D eigenvalue weighted by molar-refractivity contribution is -0.125. The molecule has 1 spiro atoms. The quantitative estimate of drug-likeness (QED) is 0.677. The van der Waals surface area contributed by atoms with E-state index in [1.165, 1.54) is 0 Å². The number of hydrogen-bond acceptors (Lipinski definition) is 3. The maximum Gasteiger partial charge on any atom is 0.410 e.